The minimum atomic E-state index is 0.312. The standard InChI is InChI=1S/C9H16N2/c1-2-3-5-11-6-4-9(7-10)8-11/h9H,2-6,8H2,1H3. The van der Waals surface area contributed by atoms with Crippen LogP contribution in [0.2, 0.25) is 0 Å². The van der Waals surface area contributed by atoms with E-state index in [1.165, 1.54) is 19.4 Å². The minimum absolute atomic E-state index is 0.312. The van der Waals surface area contributed by atoms with Gasteiger partial charge in [0.2, 0.25) is 0 Å². The average molecular weight is 152 g/mol. The maximum absolute atomic E-state index is 8.63. The van der Waals surface area contributed by atoms with Crippen LogP contribution in [-0.2, 0) is 0 Å². The summed E-state index contributed by atoms with van der Waals surface area (Å²) in [4.78, 5) is 2.40. The SMILES string of the molecule is CCCCN1CCC(C#N)C1. The maximum Gasteiger partial charge on any atom is 0.0669 e. The summed E-state index contributed by atoms with van der Waals surface area (Å²) >= 11 is 0. The van der Waals surface area contributed by atoms with Crippen molar-refractivity contribution in [2.45, 2.75) is 26.2 Å². The zero-order valence-electron chi connectivity index (χ0n) is 7.21. The smallest absolute Gasteiger partial charge is 0.0669 e. The summed E-state index contributed by atoms with van der Waals surface area (Å²) in [5, 5.41) is 8.63. The lowest BCUT2D eigenvalue weighted by molar-refractivity contribution is 0.326. The summed E-state index contributed by atoms with van der Waals surface area (Å²) in [6.07, 6.45) is 3.62. The molecule has 0 bridgehead atoms. The fourth-order valence-electron chi connectivity index (χ4n) is 1.52. The van der Waals surface area contributed by atoms with Crippen LogP contribution in [0.5, 0.6) is 0 Å². The molecule has 1 aliphatic heterocycles. The molecule has 1 atom stereocenters. The van der Waals surface area contributed by atoms with E-state index in [1.807, 2.05) is 0 Å². The van der Waals surface area contributed by atoms with E-state index in [4.69, 9.17) is 5.26 Å². The predicted octanol–water partition coefficient (Wildman–Crippen LogP) is 1.63. The van der Waals surface area contributed by atoms with Crippen LogP contribution in [0, 0.1) is 17.2 Å². The van der Waals surface area contributed by atoms with Crippen molar-refractivity contribution < 1.29 is 0 Å². The van der Waals surface area contributed by atoms with E-state index in [-0.39, 0.29) is 0 Å². The molecule has 1 aliphatic rings. The lowest BCUT2D eigenvalue weighted by Gasteiger charge is -2.12. The highest BCUT2D eigenvalue weighted by atomic mass is 15.1. The summed E-state index contributed by atoms with van der Waals surface area (Å²) in [6, 6.07) is 2.33. The van der Waals surface area contributed by atoms with Crippen molar-refractivity contribution in [3.05, 3.63) is 0 Å². The van der Waals surface area contributed by atoms with Crippen molar-refractivity contribution in [1.29, 1.82) is 5.26 Å². The van der Waals surface area contributed by atoms with Crippen molar-refractivity contribution >= 4 is 0 Å². The van der Waals surface area contributed by atoms with Gasteiger partial charge in [0.15, 0.2) is 0 Å². The second-order valence-electron chi connectivity index (χ2n) is 3.27. The Labute approximate surface area is 68.8 Å². The van der Waals surface area contributed by atoms with Gasteiger partial charge < -0.3 is 4.90 Å². The first-order chi connectivity index (χ1) is 5.36. The van der Waals surface area contributed by atoms with Crippen LogP contribution in [-0.4, -0.2) is 24.5 Å². The van der Waals surface area contributed by atoms with Gasteiger partial charge in [0, 0.05) is 6.54 Å². The van der Waals surface area contributed by atoms with E-state index < -0.39 is 0 Å². The highest BCUT2D eigenvalue weighted by Crippen LogP contribution is 2.14. The summed E-state index contributed by atoms with van der Waals surface area (Å²) in [5.41, 5.74) is 0. The molecule has 0 N–H and O–H groups in total. The van der Waals surface area contributed by atoms with Crippen LogP contribution < -0.4 is 0 Å². The summed E-state index contributed by atoms with van der Waals surface area (Å²) < 4.78 is 0. The monoisotopic (exact) mass is 152 g/mol. The van der Waals surface area contributed by atoms with Crippen molar-refractivity contribution in [1.82, 2.24) is 4.90 Å². The number of hydrogen-bond donors (Lipinski definition) is 0. The van der Waals surface area contributed by atoms with Crippen LogP contribution in [0.3, 0.4) is 0 Å². The second kappa shape index (κ2) is 4.35. The molecule has 0 aliphatic carbocycles. The fourth-order valence-corrected chi connectivity index (χ4v) is 1.52. The molecule has 0 aromatic heterocycles. The molecule has 1 fully saturated rings. The lowest BCUT2D eigenvalue weighted by atomic mass is 10.1. The Morgan fingerprint density at radius 3 is 3.00 bits per heavy atom. The zero-order valence-corrected chi connectivity index (χ0v) is 7.21. The van der Waals surface area contributed by atoms with Gasteiger partial charge in [-0.15, -0.1) is 0 Å². The Morgan fingerprint density at radius 1 is 1.64 bits per heavy atom. The molecule has 1 rings (SSSR count). The second-order valence-corrected chi connectivity index (χ2v) is 3.27. The normalized spacial score (nSPS) is 25.3. The summed E-state index contributed by atoms with van der Waals surface area (Å²) in [5.74, 6) is 0.312. The third-order valence-corrected chi connectivity index (χ3v) is 2.28. The molecule has 0 saturated carbocycles. The first kappa shape index (κ1) is 8.55. The van der Waals surface area contributed by atoms with Crippen LogP contribution in [0.15, 0.2) is 0 Å². The molecule has 62 valence electrons. The van der Waals surface area contributed by atoms with Crippen LogP contribution >= 0.6 is 0 Å². The van der Waals surface area contributed by atoms with Crippen LogP contribution in [0.4, 0.5) is 0 Å². The van der Waals surface area contributed by atoms with Gasteiger partial charge in [-0.1, -0.05) is 13.3 Å². The van der Waals surface area contributed by atoms with Crippen LogP contribution in [0.1, 0.15) is 26.2 Å². The molecule has 0 spiro atoms. The molecule has 2 nitrogen and oxygen atoms in total. The Morgan fingerprint density at radius 2 is 2.45 bits per heavy atom. The molecule has 0 aromatic carbocycles. The first-order valence-electron chi connectivity index (χ1n) is 4.48. The number of rotatable bonds is 3. The molecule has 0 radical (unpaired) electrons. The van der Waals surface area contributed by atoms with Crippen molar-refractivity contribution in [3.8, 4) is 6.07 Å². The van der Waals surface area contributed by atoms with E-state index in [0.717, 1.165) is 19.5 Å². The van der Waals surface area contributed by atoms with E-state index in [0.29, 0.717) is 5.92 Å². The van der Waals surface area contributed by atoms with Gasteiger partial charge in [0.05, 0.1) is 12.0 Å². The minimum Gasteiger partial charge on any atom is -0.302 e. The number of unbranched alkanes of at least 4 members (excludes halogenated alkanes) is 1. The zero-order chi connectivity index (χ0) is 8.10. The molecule has 2 heteroatoms. The van der Waals surface area contributed by atoms with Crippen molar-refractivity contribution in [3.63, 3.8) is 0 Å². The number of hydrogen-bond acceptors (Lipinski definition) is 2. The Balaban J connectivity index is 2.15. The third kappa shape index (κ3) is 2.51. The highest BCUT2D eigenvalue weighted by Gasteiger charge is 2.20. The van der Waals surface area contributed by atoms with Gasteiger partial charge in [0.1, 0.15) is 0 Å². The van der Waals surface area contributed by atoms with E-state index in [1.54, 1.807) is 0 Å². The molecular weight excluding hydrogens is 136 g/mol. The fraction of sp³-hybridized carbons (Fsp3) is 0.889. The van der Waals surface area contributed by atoms with Gasteiger partial charge in [0.25, 0.3) is 0 Å². The molecule has 1 saturated heterocycles. The number of nitrogens with zero attached hydrogens (tertiary/aromatic N) is 2. The van der Waals surface area contributed by atoms with Crippen LogP contribution in [0.25, 0.3) is 0 Å². The Bertz CT molecular complexity index is 148. The quantitative estimate of drug-likeness (QED) is 0.614. The van der Waals surface area contributed by atoms with Gasteiger partial charge >= 0.3 is 0 Å². The lowest BCUT2D eigenvalue weighted by Crippen LogP contribution is -2.21. The third-order valence-electron chi connectivity index (χ3n) is 2.28. The van der Waals surface area contributed by atoms with Crippen molar-refractivity contribution in [2.75, 3.05) is 19.6 Å². The highest BCUT2D eigenvalue weighted by molar-refractivity contribution is 4.90. The van der Waals surface area contributed by atoms with Gasteiger partial charge in [-0.25, -0.2) is 0 Å². The summed E-state index contributed by atoms with van der Waals surface area (Å²) in [6.45, 7) is 5.54. The van der Waals surface area contributed by atoms with E-state index >= 15 is 0 Å². The van der Waals surface area contributed by atoms with E-state index in [2.05, 4.69) is 17.9 Å². The van der Waals surface area contributed by atoms with Gasteiger partial charge in [-0.3, -0.25) is 0 Å². The largest absolute Gasteiger partial charge is 0.302 e. The van der Waals surface area contributed by atoms with E-state index in [9.17, 15) is 0 Å². The molecular formula is C9H16N2. The van der Waals surface area contributed by atoms with Crippen molar-refractivity contribution in [2.24, 2.45) is 5.92 Å². The molecule has 0 aromatic rings. The topological polar surface area (TPSA) is 27.0 Å². The number of likely N-dealkylation sites (tertiary alicyclic amines) is 1. The molecule has 1 unspecified atom stereocenters. The maximum atomic E-state index is 8.63. The molecule has 1 heterocycles. The average Bonchev–Trinajstić information content (AvgIpc) is 2.48. The molecule has 11 heavy (non-hydrogen) atoms. The summed E-state index contributed by atoms with van der Waals surface area (Å²) in [7, 11) is 0. The molecule has 0 amide bonds. The Hall–Kier alpha value is -0.550. The first-order valence-corrected chi connectivity index (χ1v) is 4.48. The Kier molecular flexibility index (Phi) is 3.38. The van der Waals surface area contributed by atoms with Gasteiger partial charge in [-0.2, -0.15) is 5.26 Å². The van der Waals surface area contributed by atoms with Gasteiger partial charge in [-0.05, 0) is 25.9 Å². The predicted molar refractivity (Wildman–Crippen MR) is 45.1 cm³/mol. The number of nitriles is 1.